The molecule has 18 heavy (non-hydrogen) atoms. The van der Waals surface area contributed by atoms with Gasteiger partial charge in [0.05, 0.1) is 4.88 Å². The molecule has 0 saturated heterocycles. The molecule has 0 aliphatic heterocycles. The number of hydrogen-bond acceptors (Lipinski definition) is 4. The minimum absolute atomic E-state index is 0.0532. The largest absolute Gasteiger partial charge is 0.363 e. The molecule has 0 N–H and O–H groups in total. The zero-order valence-corrected chi connectivity index (χ0v) is 11.6. The quantitative estimate of drug-likeness (QED) is 0.792. The van der Waals surface area contributed by atoms with Crippen LogP contribution < -0.4 is 4.90 Å². The fourth-order valence-corrected chi connectivity index (χ4v) is 2.53. The van der Waals surface area contributed by atoms with Gasteiger partial charge in [0.1, 0.15) is 5.82 Å². The van der Waals surface area contributed by atoms with Crippen LogP contribution in [0, 0.1) is 0 Å². The van der Waals surface area contributed by atoms with E-state index in [1.807, 2.05) is 43.3 Å². The van der Waals surface area contributed by atoms with Crippen molar-refractivity contribution in [1.29, 1.82) is 0 Å². The Morgan fingerprint density at radius 3 is 2.56 bits per heavy atom. The average Bonchev–Trinajstić information content (AvgIpc) is 2.86. The third kappa shape index (κ3) is 2.59. The van der Waals surface area contributed by atoms with Gasteiger partial charge < -0.3 is 4.90 Å². The van der Waals surface area contributed by atoms with Crippen molar-refractivity contribution in [3.63, 3.8) is 0 Å². The first-order valence-corrected chi connectivity index (χ1v) is 6.70. The van der Waals surface area contributed by atoms with E-state index in [1.54, 1.807) is 17.5 Å². The van der Waals surface area contributed by atoms with E-state index in [4.69, 9.17) is 0 Å². The lowest BCUT2D eigenvalue weighted by Crippen LogP contribution is -2.11. The number of carbonyl (C=O) groups is 1. The predicted octanol–water partition coefficient (Wildman–Crippen LogP) is 3.00. The summed E-state index contributed by atoms with van der Waals surface area (Å²) in [6.45, 7) is 2.09. The normalized spacial score (nSPS) is 10.4. The van der Waals surface area contributed by atoms with Gasteiger partial charge in [0.25, 0.3) is 0 Å². The zero-order chi connectivity index (χ0) is 13.1. The summed E-state index contributed by atoms with van der Waals surface area (Å²) in [4.78, 5) is 20.4. The summed E-state index contributed by atoms with van der Waals surface area (Å²) >= 11 is 1.56. The van der Waals surface area contributed by atoms with Crippen LogP contribution in [0.4, 0.5) is 5.82 Å². The van der Waals surface area contributed by atoms with Crippen molar-refractivity contribution in [1.82, 2.24) is 4.98 Å². The van der Waals surface area contributed by atoms with Crippen LogP contribution in [-0.2, 0) is 6.42 Å². The Balaban J connectivity index is 2.23. The maximum atomic E-state index is 12.2. The lowest BCUT2D eigenvalue weighted by atomic mass is 10.1. The molecule has 0 aliphatic carbocycles. The van der Waals surface area contributed by atoms with Crippen molar-refractivity contribution in [2.45, 2.75) is 13.3 Å². The molecular weight excluding hydrogens is 244 g/mol. The number of pyridine rings is 1. The van der Waals surface area contributed by atoms with E-state index in [-0.39, 0.29) is 5.78 Å². The highest BCUT2D eigenvalue weighted by molar-refractivity contribution is 7.14. The van der Waals surface area contributed by atoms with Crippen molar-refractivity contribution in [2.24, 2.45) is 0 Å². The molecule has 0 aromatic carbocycles. The fraction of sp³-hybridized carbons (Fsp3) is 0.286. The second-order valence-electron chi connectivity index (χ2n) is 4.25. The van der Waals surface area contributed by atoms with Crippen LogP contribution in [0.1, 0.15) is 27.0 Å². The van der Waals surface area contributed by atoms with Gasteiger partial charge in [0.2, 0.25) is 5.78 Å². The average molecular weight is 260 g/mol. The number of anilines is 1. The van der Waals surface area contributed by atoms with Gasteiger partial charge in [0, 0.05) is 30.7 Å². The van der Waals surface area contributed by atoms with E-state index in [2.05, 4.69) is 11.9 Å². The number of rotatable bonds is 4. The number of aryl methyl sites for hydroxylation is 1. The molecule has 2 aromatic rings. The maximum Gasteiger partial charge on any atom is 0.204 e. The molecule has 0 saturated carbocycles. The Labute approximate surface area is 111 Å². The summed E-state index contributed by atoms with van der Waals surface area (Å²) < 4.78 is 0. The minimum Gasteiger partial charge on any atom is -0.363 e. The van der Waals surface area contributed by atoms with Gasteiger partial charge in [-0.05, 0) is 30.7 Å². The standard InChI is InChI=1S/C14H16N2OS/c1-4-11-6-7-12(18-11)14(17)10-5-8-13(15-9-10)16(2)3/h5-9H,4H2,1-3H3. The first-order chi connectivity index (χ1) is 8.61. The molecule has 2 aromatic heterocycles. The summed E-state index contributed by atoms with van der Waals surface area (Å²) in [5.41, 5.74) is 0.644. The summed E-state index contributed by atoms with van der Waals surface area (Å²) in [5.74, 6) is 0.907. The molecular formula is C14H16N2OS. The summed E-state index contributed by atoms with van der Waals surface area (Å²) in [7, 11) is 3.85. The number of carbonyl (C=O) groups excluding carboxylic acids is 1. The number of nitrogens with zero attached hydrogens (tertiary/aromatic N) is 2. The first kappa shape index (κ1) is 12.8. The van der Waals surface area contributed by atoms with Gasteiger partial charge in [-0.3, -0.25) is 4.79 Å². The van der Waals surface area contributed by atoms with Crippen molar-refractivity contribution < 1.29 is 4.79 Å². The van der Waals surface area contributed by atoms with Gasteiger partial charge in [-0.1, -0.05) is 6.92 Å². The summed E-state index contributed by atoms with van der Waals surface area (Å²) in [6.07, 6.45) is 2.61. The minimum atomic E-state index is 0.0532. The van der Waals surface area contributed by atoms with E-state index >= 15 is 0 Å². The molecule has 0 unspecified atom stereocenters. The van der Waals surface area contributed by atoms with Crippen molar-refractivity contribution >= 4 is 22.9 Å². The molecule has 0 spiro atoms. The molecule has 0 amide bonds. The second-order valence-corrected chi connectivity index (χ2v) is 5.42. The van der Waals surface area contributed by atoms with Gasteiger partial charge in [-0.15, -0.1) is 11.3 Å². The van der Waals surface area contributed by atoms with Gasteiger partial charge in [-0.25, -0.2) is 4.98 Å². The number of ketones is 1. The van der Waals surface area contributed by atoms with Crippen LogP contribution in [0.5, 0.6) is 0 Å². The molecule has 3 nitrogen and oxygen atoms in total. The highest BCUT2D eigenvalue weighted by Crippen LogP contribution is 2.20. The molecule has 0 aliphatic rings. The molecule has 0 atom stereocenters. The Bertz CT molecular complexity index is 543. The third-order valence-corrected chi connectivity index (χ3v) is 3.93. The maximum absolute atomic E-state index is 12.2. The van der Waals surface area contributed by atoms with E-state index in [9.17, 15) is 4.79 Å². The third-order valence-electron chi connectivity index (χ3n) is 2.70. The van der Waals surface area contributed by atoms with Crippen molar-refractivity contribution in [3.05, 3.63) is 45.8 Å². The van der Waals surface area contributed by atoms with Crippen LogP contribution >= 0.6 is 11.3 Å². The molecule has 0 radical (unpaired) electrons. The van der Waals surface area contributed by atoms with Crippen LogP contribution in [0.25, 0.3) is 0 Å². The molecule has 4 heteroatoms. The van der Waals surface area contributed by atoms with Gasteiger partial charge in [-0.2, -0.15) is 0 Å². The van der Waals surface area contributed by atoms with Gasteiger partial charge in [0.15, 0.2) is 0 Å². The van der Waals surface area contributed by atoms with Crippen LogP contribution in [-0.4, -0.2) is 24.9 Å². The highest BCUT2D eigenvalue weighted by atomic mass is 32.1. The Morgan fingerprint density at radius 1 is 1.28 bits per heavy atom. The number of hydrogen-bond donors (Lipinski definition) is 0. The van der Waals surface area contributed by atoms with E-state index in [0.717, 1.165) is 17.1 Å². The molecule has 94 valence electrons. The molecule has 0 bridgehead atoms. The van der Waals surface area contributed by atoms with Crippen LogP contribution in [0.3, 0.4) is 0 Å². The Morgan fingerprint density at radius 2 is 2.06 bits per heavy atom. The Hall–Kier alpha value is -1.68. The topological polar surface area (TPSA) is 33.2 Å². The summed E-state index contributed by atoms with van der Waals surface area (Å²) in [5, 5.41) is 0. The number of thiophene rings is 1. The van der Waals surface area contributed by atoms with Crippen LogP contribution in [0.2, 0.25) is 0 Å². The molecule has 2 rings (SSSR count). The lowest BCUT2D eigenvalue weighted by Gasteiger charge is -2.10. The first-order valence-electron chi connectivity index (χ1n) is 5.88. The predicted molar refractivity (Wildman–Crippen MR) is 75.7 cm³/mol. The monoisotopic (exact) mass is 260 g/mol. The van der Waals surface area contributed by atoms with E-state index in [1.165, 1.54) is 4.88 Å². The SMILES string of the molecule is CCc1ccc(C(=O)c2ccc(N(C)C)nc2)s1. The zero-order valence-electron chi connectivity index (χ0n) is 10.8. The van der Waals surface area contributed by atoms with E-state index in [0.29, 0.717) is 5.56 Å². The van der Waals surface area contributed by atoms with Crippen molar-refractivity contribution in [3.8, 4) is 0 Å². The summed E-state index contributed by atoms with van der Waals surface area (Å²) in [6, 6.07) is 7.60. The highest BCUT2D eigenvalue weighted by Gasteiger charge is 2.12. The van der Waals surface area contributed by atoms with Crippen LogP contribution in [0.15, 0.2) is 30.5 Å². The Kier molecular flexibility index (Phi) is 3.77. The smallest absolute Gasteiger partial charge is 0.204 e. The number of aromatic nitrogens is 1. The molecule has 0 fully saturated rings. The molecule has 2 heterocycles. The van der Waals surface area contributed by atoms with Crippen molar-refractivity contribution in [2.75, 3.05) is 19.0 Å². The lowest BCUT2D eigenvalue weighted by molar-refractivity contribution is 0.104. The fourth-order valence-electron chi connectivity index (χ4n) is 1.62. The second kappa shape index (κ2) is 5.31. The van der Waals surface area contributed by atoms with Gasteiger partial charge >= 0.3 is 0 Å². The van der Waals surface area contributed by atoms with E-state index < -0.39 is 0 Å².